The van der Waals surface area contributed by atoms with E-state index in [2.05, 4.69) is 12.1 Å². The molecule has 2 nitrogen and oxygen atoms in total. The van der Waals surface area contributed by atoms with Crippen LogP contribution in [0, 0.1) is 22.7 Å². The highest BCUT2D eigenvalue weighted by Crippen LogP contribution is 2.28. The molecule has 0 amide bonds. The van der Waals surface area contributed by atoms with Crippen LogP contribution in [0.3, 0.4) is 0 Å². The van der Waals surface area contributed by atoms with Crippen LogP contribution in [-0.2, 0) is 19.3 Å². The first-order valence-corrected chi connectivity index (χ1v) is 5.67. The van der Waals surface area contributed by atoms with Crippen molar-refractivity contribution in [3.05, 3.63) is 33.3 Å². The summed E-state index contributed by atoms with van der Waals surface area (Å²) in [6, 6.07) is 6.18. The van der Waals surface area contributed by atoms with Crippen molar-refractivity contribution in [3.63, 3.8) is 0 Å². The summed E-state index contributed by atoms with van der Waals surface area (Å²) in [6.45, 7) is 3.97. The van der Waals surface area contributed by atoms with Gasteiger partial charge in [-0.15, -0.1) is 0 Å². The van der Waals surface area contributed by atoms with Gasteiger partial charge in [0.25, 0.3) is 0 Å². The molecule has 0 N–H and O–H groups in total. The molecule has 1 aromatic carbocycles. The molecule has 0 aliphatic heterocycles. The molecule has 3 heteroatoms. The van der Waals surface area contributed by atoms with Crippen LogP contribution in [0.5, 0.6) is 0 Å². The second-order valence-corrected chi connectivity index (χ2v) is 3.89. The van der Waals surface area contributed by atoms with Crippen LogP contribution >= 0.6 is 11.6 Å². The lowest BCUT2D eigenvalue weighted by molar-refractivity contribution is 1.05. The Morgan fingerprint density at radius 3 is 2.31 bits per heavy atom. The smallest absolute Gasteiger partial charge is 0.0997 e. The molecule has 16 heavy (non-hydrogen) atoms. The Kier molecular flexibility index (Phi) is 4.35. The van der Waals surface area contributed by atoms with Gasteiger partial charge < -0.3 is 0 Å². The van der Waals surface area contributed by atoms with Gasteiger partial charge in [0.05, 0.1) is 24.1 Å². The molecular weight excluding hydrogens is 220 g/mol. The molecule has 0 unspecified atom stereocenters. The molecule has 0 spiro atoms. The second-order valence-electron chi connectivity index (χ2n) is 3.52. The number of hydrogen-bond acceptors (Lipinski definition) is 2. The van der Waals surface area contributed by atoms with Crippen LogP contribution in [0.4, 0.5) is 0 Å². The highest BCUT2D eigenvalue weighted by atomic mass is 35.5. The molecule has 1 aromatic rings. The summed E-state index contributed by atoms with van der Waals surface area (Å²) >= 11 is 6.20. The average molecular weight is 233 g/mol. The van der Waals surface area contributed by atoms with Crippen molar-refractivity contribution in [2.24, 2.45) is 0 Å². The molecule has 0 aromatic heterocycles. The number of halogens is 1. The minimum Gasteiger partial charge on any atom is -0.198 e. The van der Waals surface area contributed by atoms with Crippen molar-refractivity contribution in [1.82, 2.24) is 0 Å². The minimum absolute atomic E-state index is 0.296. The van der Waals surface area contributed by atoms with Crippen molar-refractivity contribution < 1.29 is 0 Å². The fourth-order valence-corrected chi connectivity index (χ4v) is 2.16. The standard InChI is InChI=1S/C13H13ClN2/c1-3-9-7-10(5-6-15)13(14)11(4-2)12(9)8-16/h7H,3-5H2,1-2H3. The Morgan fingerprint density at radius 2 is 1.88 bits per heavy atom. The molecule has 0 aliphatic carbocycles. The summed E-state index contributed by atoms with van der Waals surface area (Å²) in [5.41, 5.74) is 3.36. The lowest BCUT2D eigenvalue weighted by Gasteiger charge is -2.12. The van der Waals surface area contributed by atoms with Crippen LogP contribution in [0.1, 0.15) is 36.1 Å². The van der Waals surface area contributed by atoms with Crippen LogP contribution in [0.25, 0.3) is 0 Å². The van der Waals surface area contributed by atoms with E-state index < -0.39 is 0 Å². The van der Waals surface area contributed by atoms with Crippen molar-refractivity contribution in [2.45, 2.75) is 33.1 Å². The average Bonchev–Trinajstić information content (AvgIpc) is 2.31. The Labute approximate surface area is 101 Å². The van der Waals surface area contributed by atoms with E-state index in [0.29, 0.717) is 23.4 Å². The largest absolute Gasteiger partial charge is 0.198 e. The third kappa shape index (κ3) is 2.18. The van der Waals surface area contributed by atoms with Gasteiger partial charge in [-0.25, -0.2) is 0 Å². The quantitative estimate of drug-likeness (QED) is 0.802. The third-order valence-corrected chi connectivity index (χ3v) is 3.10. The predicted octanol–water partition coefficient (Wildman–Crippen LogP) is 3.40. The summed E-state index contributed by atoms with van der Waals surface area (Å²) in [4.78, 5) is 0. The van der Waals surface area contributed by atoms with E-state index in [-0.39, 0.29) is 0 Å². The maximum atomic E-state index is 9.13. The molecule has 0 bridgehead atoms. The second kappa shape index (κ2) is 5.54. The molecule has 0 aliphatic rings. The Balaban J connectivity index is 3.51. The highest BCUT2D eigenvalue weighted by Gasteiger charge is 2.14. The van der Waals surface area contributed by atoms with Gasteiger partial charge in [-0.3, -0.25) is 0 Å². The van der Waals surface area contributed by atoms with Crippen molar-refractivity contribution >= 4 is 11.6 Å². The Hall–Kier alpha value is -1.51. The topological polar surface area (TPSA) is 47.6 Å². The first-order valence-electron chi connectivity index (χ1n) is 5.29. The van der Waals surface area contributed by atoms with Crippen LogP contribution < -0.4 is 0 Å². The van der Waals surface area contributed by atoms with Crippen molar-refractivity contribution in [1.29, 1.82) is 10.5 Å². The first kappa shape index (κ1) is 12.6. The number of nitrogens with zero attached hydrogens (tertiary/aromatic N) is 2. The fourth-order valence-electron chi connectivity index (χ4n) is 1.81. The molecule has 0 saturated carbocycles. The van der Waals surface area contributed by atoms with Crippen molar-refractivity contribution in [2.75, 3.05) is 0 Å². The molecule has 0 atom stereocenters. The van der Waals surface area contributed by atoms with E-state index in [4.69, 9.17) is 22.1 Å². The van der Waals surface area contributed by atoms with E-state index in [1.165, 1.54) is 0 Å². The van der Waals surface area contributed by atoms with E-state index in [9.17, 15) is 0 Å². The molecule has 0 radical (unpaired) electrons. The summed E-state index contributed by atoms with van der Waals surface area (Å²) in [7, 11) is 0. The summed E-state index contributed by atoms with van der Waals surface area (Å²) < 4.78 is 0. The van der Waals surface area contributed by atoms with Crippen LogP contribution in [0.2, 0.25) is 5.02 Å². The van der Waals surface area contributed by atoms with Crippen LogP contribution in [0.15, 0.2) is 6.07 Å². The fraction of sp³-hybridized carbons (Fsp3) is 0.385. The maximum absolute atomic E-state index is 9.13. The van der Waals surface area contributed by atoms with E-state index in [1.807, 2.05) is 19.9 Å². The zero-order valence-electron chi connectivity index (χ0n) is 9.47. The van der Waals surface area contributed by atoms with Gasteiger partial charge in [-0.1, -0.05) is 31.5 Å². The van der Waals surface area contributed by atoms with E-state index >= 15 is 0 Å². The molecule has 1 rings (SSSR count). The first-order chi connectivity index (χ1) is 7.69. The van der Waals surface area contributed by atoms with Gasteiger partial charge >= 0.3 is 0 Å². The molecule has 0 fully saturated rings. The van der Waals surface area contributed by atoms with Crippen molar-refractivity contribution in [3.8, 4) is 12.1 Å². The normalized spacial score (nSPS) is 9.56. The molecule has 0 saturated heterocycles. The summed E-state index contributed by atoms with van der Waals surface area (Å²) in [6.07, 6.45) is 1.80. The van der Waals surface area contributed by atoms with Gasteiger partial charge in [0, 0.05) is 5.02 Å². The zero-order chi connectivity index (χ0) is 12.1. The zero-order valence-corrected chi connectivity index (χ0v) is 10.2. The van der Waals surface area contributed by atoms with Gasteiger partial charge in [-0.05, 0) is 29.5 Å². The number of aryl methyl sites for hydroxylation is 1. The summed E-state index contributed by atoms with van der Waals surface area (Å²) in [5, 5.41) is 18.4. The molecule has 82 valence electrons. The maximum Gasteiger partial charge on any atom is 0.0997 e. The lowest BCUT2D eigenvalue weighted by atomic mass is 9.94. The van der Waals surface area contributed by atoms with E-state index in [0.717, 1.165) is 23.1 Å². The van der Waals surface area contributed by atoms with Crippen LogP contribution in [-0.4, -0.2) is 0 Å². The summed E-state index contributed by atoms with van der Waals surface area (Å²) in [5.74, 6) is 0. The number of rotatable bonds is 3. The Morgan fingerprint density at radius 1 is 1.19 bits per heavy atom. The molecular formula is C13H13ClN2. The predicted molar refractivity (Wildman–Crippen MR) is 64.2 cm³/mol. The van der Waals surface area contributed by atoms with E-state index in [1.54, 1.807) is 0 Å². The van der Waals surface area contributed by atoms with Gasteiger partial charge in [-0.2, -0.15) is 10.5 Å². The van der Waals surface area contributed by atoms with Gasteiger partial charge in [0.15, 0.2) is 0 Å². The van der Waals surface area contributed by atoms with Gasteiger partial charge in [0.2, 0.25) is 0 Å². The lowest BCUT2D eigenvalue weighted by Crippen LogP contribution is -2.00. The minimum atomic E-state index is 0.296. The number of nitriles is 2. The third-order valence-electron chi connectivity index (χ3n) is 2.63. The SMILES string of the molecule is CCc1cc(CC#N)c(Cl)c(CC)c1C#N. The highest BCUT2D eigenvalue weighted by molar-refractivity contribution is 6.32. The number of hydrogen-bond donors (Lipinski definition) is 0. The number of benzene rings is 1. The monoisotopic (exact) mass is 232 g/mol. The van der Waals surface area contributed by atoms with Gasteiger partial charge in [0.1, 0.15) is 0 Å². The Bertz CT molecular complexity index is 478. The molecule has 0 heterocycles.